The molecule has 1 atom stereocenters. The molecular weight excluding hydrogens is 249 g/mol. The van der Waals surface area contributed by atoms with Crippen LogP contribution in [-0.2, 0) is 4.74 Å². The summed E-state index contributed by atoms with van der Waals surface area (Å²) in [5, 5.41) is 0. The summed E-state index contributed by atoms with van der Waals surface area (Å²) in [7, 11) is 0. The summed E-state index contributed by atoms with van der Waals surface area (Å²) in [5.74, 6) is -0.290. The van der Waals surface area contributed by atoms with Crippen molar-refractivity contribution >= 4 is 15.9 Å². The fraction of sp³-hybridized carbons (Fsp3) is 0.400. The van der Waals surface area contributed by atoms with E-state index in [1.54, 1.807) is 6.07 Å². The SMILES string of the molecule is CCOCC(N)c1cc(F)cc(Br)c1. The van der Waals surface area contributed by atoms with Crippen LogP contribution < -0.4 is 5.73 Å². The fourth-order valence-corrected chi connectivity index (χ4v) is 1.61. The van der Waals surface area contributed by atoms with Crippen molar-refractivity contribution in [3.8, 4) is 0 Å². The van der Waals surface area contributed by atoms with Gasteiger partial charge in [0.25, 0.3) is 0 Å². The van der Waals surface area contributed by atoms with Gasteiger partial charge < -0.3 is 10.5 Å². The first-order chi connectivity index (χ1) is 6.63. The number of hydrogen-bond acceptors (Lipinski definition) is 2. The van der Waals surface area contributed by atoms with Crippen molar-refractivity contribution in [3.63, 3.8) is 0 Å². The van der Waals surface area contributed by atoms with Gasteiger partial charge in [-0.25, -0.2) is 4.39 Å². The molecule has 0 aliphatic heterocycles. The molecule has 0 spiro atoms. The predicted molar refractivity (Wildman–Crippen MR) is 57.5 cm³/mol. The first-order valence-corrected chi connectivity index (χ1v) is 5.22. The van der Waals surface area contributed by atoms with Gasteiger partial charge >= 0.3 is 0 Å². The Bertz CT molecular complexity index is 286. The van der Waals surface area contributed by atoms with Gasteiger partial charge in [0.1, 0.15) is 5.82 Å². The van der Waals surface area contributed by atoms with E-state index in [2.05, 4.69) is 15.9 Å². The molecule has 1 aromatic carbocycles. The van der Waals surface area contributed by atoms with E-state index in [0.717, 1.165) is 5.56 Å². The Morgan fingerprint density at radius 3 is 2.79 bits per heavy atom. The summed E-state index contributed by atoms with van der Waals surface area (Å²) in [4.78, 5) is 0. The van der Waals surface area contributed by atoms with Crippen molar-refractivity contribution < 1.29 is 9.13 Å². The van der Waals surface area contributed by atoms with E-state index >= 15 is 0 Å². The molecule has 0 heterocycles. The third-order valence-corrected chi connectivity index (χ3v) is 2.27. The molecule has 0 aliphatic rings. The highest BCUT2D eigenvalue weighted by atomic mass is 79.9. The average molecular weight is 262 g/mol. The highest BCUT2D eigenvalue weighted by Gasteiger charge is 2.07. The van der Waals surface area contributed by atoms with Crippen LogP contribution in [-0.4, -0.2) is 13.2 Å². The van der Waals surface area contributed by atoms with Gasteiger partial charge in [0, 0.05) is 11.1 Å². The monoisotopic (exact) mass is 261 g/mol. The Morgan fingerprint density at radius 1 is 1.50 bits per heavy atom. The molecule has 0 fully saturated rings. The molecule has 4 heteroatoms. The van der Waals surface area contributed by atoms with Gasteiger partial charge in [-0.05, 0) is 30.7 Å². The van der Waals surface area contributed by atoms with Crippen molar-refractivity contribution in [1.82, 2.24) is 0 Å². The van der Waals surface area contributed by atoms with Crippen molar-refractivity contribution in [2.45, 2.75) is 13.0 Å². The van der Waals surface area contributed by atoms with E-state index in [1.165, 1.54) is 12.1 Å². The molecule has 78 valence electrons. The molecule has 0 aliphatic carbocycles. The molecule has 1 aromatic rings. The van der Waals surface area contributed by atoms with Crippen molar-refractivity contribution in [3.05, 3.63) is 34.1 Å². The normalized spacial score (nSPS) is 12.9. The van der Waals surface area contributed by atoms with Gasteiger partial charge in [-0.3, -0.25) is 0 Å². The van der Waals surface area contributed by atoms with Crippen LogP contribution in [0.2, 0.25) is 0 Å². The minimum atomic E-state index is -0.290. The molecule has 0 aromatic heterocycles. The summed E-state index contributed by atoms with van der Waals surface area (Å²) >= 11 is 3.21. The summed E-state index contributed by atoms with van der Waals surface area (Å²) in [5.41, 5.74) is 6.55. The summed E-state index contributed by atoms with van der Waals surface area (Å²) in [6.07, 6.45) is 0. The van der Waals surface area contributed by atoms with Crippen molar-refractivity contribution in [2.24, 2.45) is 5.73 Å². The molecule has 0 amide bonds. The number of ether oxygens (including phenoxy) is 1. The summed E-state index contributed by atoms with van der Waals surface area (Å²) < 4.78 is 18.8. The highest BCUT2D eigenvalue weighted by Crippen LogP contribution is 2.19. The first kappa shape index (κ1) is 11.6. The zero-order valence-corrected chi connectivity index (χ0v) is 9.55. The largest absolute Gasteiger partial charge is 0.380 e. The molecule has 0 radical (unpaired) electrons. The predicted octanol–water partition coefficient (Wildman–Crippen LogP) is 2.62. The fourth-order valence-electron chi connectivity index (χ4n) is 1.13. The standard InChI is InChI=1S/C10H13BrFNO/c1-2-14-6-10(13)7-3-8(11)5-9(12)4-7/h3-5,10H,2,6,13H2,1H3. The Balaban J connectivity index is 2.73. The number of benzene rings is 1. The molecule has 2 N–H and O–H groups in total. The van der Waals surface area contributed by atoms with E-state index in [1.807, 2.05) is 6.92 Å². The minimum absolute atomic E-state index is 0.276. The maximum absolute atomic E-state index is 13.0. The van der Waals surface area contributed by atoms with Crippen LogP contribution in [0.5, 0.6) is 0 Å². The van der Waals surface area contributed by atoms with Gasteiger partial charge in [0.05, 0.1) is 12.6 Å². The van der Waals surface area contributed by atoms with Crippen LogP contribution in [0.3, 0.4) is 0 Å². The number of nitrogens with two attached hydrogens (primary N) is 1. The van der Waals surface area contributed by atoms with Gasteiger partial charge in [-0.1, -0.05) is 15.9 Å². The number of rotatable bonds is 4. The quantitative estimate of drug-likeness (QED) is 0.905. The van der Waals surface area contributed by atoms with Crippen LogP contribution in [0, 0.1) is 5.82 Å². The van der Waals surface area contributed by atoms with Gasteiger partial charge in [-0.2, -0.15) is 0 Å². The zero-order chi connectivity index (χ0) is 10.6. The van der Waals surface area contributed by atoms with Crippen LogP contribution >= 0.6 is 15.9 Å². The van der Waals surface area contributed by atoms with Crippen LogP contribution in [0.4, 0.5) is 4.39 Å². The second-order valence-electron chi connectivity index (χ2n) is 2.97. The molecule has 2 nitrogen and oxygen atoms in total. The minimum Gasteiger partial charge on any atom is -0.380 e. The molecule has 0 saturated heterocycles. The van der Waals surface area contributed by atoms with Crippen LogP contribution in [0.25, 0.3) is 0 Å². The average Bonchev–Trinajstić information content (AvgIpc) is 2.12. The lowest BCUT2D eigenvalue weighted by Gasteiger charge is -2.12. The smallest absolute Gasteiger partial charge is 0.124 e. The Kier molecular flexibility index (Phi) is 4.51. The lowest BCUT2D eigenvalue weighted by molar-refractivity contribution is 0.133. The van der Waals surface area contributed by atoms with E-state index in [0.29, 0.717) is 17.7 Å². The second-order valence-corrected chi connectivity index (χ2v) is 3.88. The van der Waals surface area contributed by atoms with E-state index in [-0.39, 0.29) is 11.9 Å². The maximum Gasteiger partial charge on any atom is 0.124 e. The molecule has 1 rings (SSSR count). The molecule has 0 saturated carbocycles. The molecule has 0 bridgehead atoms. The van der Waals surface area contributed by atoms with Crippen LogP contribution in [0.1, 0.15) is 18.5 Å². The zero-order valence-electron chi connectivity index (χ0n) is 7.97. The Hall–Kier alpha value is -0.450. The lowest BCUT2D eigenvalue weighted by Crippen LogP contribution is -2.17. The van der Waals surface area contributed by atoms with Gasteiger partial charge in [0.2, 0.25) is 0 Å². The number of halogens is 2. The summed E-state index contributed by atoms with van der Waals surface area (Å²) in [6, 6.07) is 4.35. The summed E-state index contributed by atoms with van der Waals surface area (Å²) in [6.45, 7) is 2.92. The maximum atomic E-state index is 13.0. The third kappa shape index (κ3) is 3.36. The highest BCUT2D eigenvalue weighted by molar-refractivity contribution is 9.10. The molecular formula is C10H13BrFNO. The first-order valence-electron chi connectivity index (χ1n) is 4.42. The molecule has 1 unspecified atom stereocenters. The van der Waals surface area contributed by atoms with E-state index in [9.17, 15) is 4.39 Å². The van der Waals surface area contributed by atoms with Crippen LogP contribution in [0.15, 0.2) is 22.7 Å². The van der Waals surface area contributed by atoms with Crippen molar-refractivity contribution in [1.29, 1.82) is 0 Å². The van der Waals surface area contributed by atoms with E-state index in [4.69, 9.17) is 10.5 Å². The van der Waals surface area contributed by atoms with Crippen molar-refractivity contribution in [2.75, 3.05) is 13.2 Å². The second kappa shape index (κ2) is 5.44. The topological polar surface area (TPSA) is 35.2 Å². The number of hydrogen-bond donors (Lipinski definition) is 1. The Morgan fingerprint density at radius 2 is 2.21 bits per heavy atom. The third-order valence-electron chi connectivity index (χ3n) is 1.81. The van der Waals surface area contributed by atoms with Gasteiger partial charge in [-0.15, -0.1) is 0 Å². The van der Waals surface area contributed by atoms with E-state index < -0.39 is 0 Å². The lowest BCUT2D eigenvalue weighted by atomic mass is 10.1. The molecule has 14 heavy (non-hydrogen) atoms. The van der Waals surface area contributed by atoms with Gasteiger partial charge in [0.15, 0.2) is 0 Å². The Labute approximate surface area is 91.4 Å².